The van der Waals surface area contributed by atoms with Crippen LogP contribution in [0.4, 0.5) is 0 Å². The highest BCUT2D eigenvalue weighted by atomic mass is 16.6. The number of hydrogen-bond donors (Lipinski definition) is 1. The Labute approximate surface area is 113 Å². The van der Waals surface area contributed by atoms with Crippen molar-refractivity contribution in [3.8, 4) is 11.5 Å². The predicted octanol–water partition coefficient (Wildman–Crippen LogP) is 2.75. The Morgan fingerprint density at radius 1 is 0.789 bits per heavy atom. The van der Waals surface area contributed by atoms with Gasteiger partial charge in [-0.3, -0.25) is 0 Å². The summed E-state index contributed by atoms with van der Waals surface area (Å²) in [6.07, 6.45) is 0. The van der Waals surface area contributed by atoms with Gasteiger partial charge in [0.1, 0.15) is 13.2 Å². The number of fused-ring (bicyclic) bond motifs is 1. The molecule has 0 atom stereocenters. The first kappa shape index (κ1) is 12.1. The van der Waals surface area contributed by atoms with Crippen molar-refractivity contribution >= 4 is 0 Å². The summed E-state index contributed by atoms with van der Waals surface area (Å²) >= 11 is 0. The fourth-order valence-corrected chi connectivity index (χ4v) is 2.14. The highest BCUT2D eigenvalue weighted by molar-refractivity contribution is 5.43. The van der Waals surface area contributed by atoms with E-state index in [4.69, 9.17) is 9.47 Å². The number of benzene rings is 2. The van der Waals surface area contributed by atoms with Crippen LogP contribution >= 0.6 is 0 Å². The Bertz CT molecular complexity index is 540. The van der Waals surface area contributed by atoms with Crippen LogP contribution < -0.4 is 14.8 Å². The third-order valence-electron chi connectivity index (χ3n) is 3.11. The number of rotatable bonds is 4. The molecule has 0 saturated heterocycles. The minimum absolute atomic E-state index is 0.633. The maximum atomic E-state index is 5.58. The van der Waals surface area contributed by atoms with Crippen molar-refractivity contribution in [1.82, 2.24) is 5.32 Å². The van der Waals surface area contributed by atoms with Crippen molar-refractivity contribution in [3.05, 3.63) is 59.7 Å². The summed E-state index contributed by atoms with van der Waals surface area (Å²) in [5.41, 5.74) is 2.50. The molecule has 2 aromatic carbocycles. The minimum atomic E-state index is 0.633. The summed E-state index contributed by atoms with van der Waals surface area (Å²) in [4.78, 5) is 0. The third-order valence-corrected chi connectivity index (χ3v) is 3.11. The molecule has 0 aromatic heterocycles. The van der Waals surface area contributed by atoms with E-state index < -0.39 is 0 Å². The Kier molecular flexibility index (Phi) is 3.65. The molecule has 2 aromatic rings. The Balaban J connectivity index is 1.58. The molecule has 1 aliphatic rings. The lowest BCUT2D eigenvalue weighted by Gasteiger charge is -2.19. The van der Waals surface area contributed by atoms with Crippen LogP contribution in [0.15, 0.2) is 48.5 Å². The van der Waals surface area contributed by atoms with Gasteiger partial charge in [-0.2, -0.15) is 0 Å². The summed E-state index contributed by atoms with van der Waals surface area (Å²) in [5.74, 6) is 1.70. The van der Waals surface area contributed by atoms with E-state index in [2.05, 4.69) is 35.6 Å². The predicted molar refractivity (Wildman–Crippen MR) is 74.4 cm³/mol. The summed E-state index contributed by atoms with van der Waals surface area (Å²) in [5, 5.41) is 3.43. The van der Waals surface area contributed by atoms with Gasteiger partial charge in [0.15, 0.2) is 11.5 Å². The maximum Gasteiger partial charge on any atom is 0.161 e. The average molecular weight is 255 g/mol. The second-order valence-corrected chi connectivity index (χ2v) is 4.57. The molecule has 1 aliphatic heterocycles. The summed E-state index contributed by atoms with van der Waals surface area (Å²) < 4.78 is 11.1. The van der Waals surface area contributed by atoms with E-state index in [1.807, 2.05) is 18.2 Å². The molecule has 19 heavy (non-hydrogen) atoms. The second-order valence-electron chi connectivity index (χ2n) is 4.57. The van der Waals surface area contributed by atoms with Crippen molar-refractivity contribution < 1.29 is 9.47 Å². The molecule has 98 valence electrons. The topological polar surface area (TPSA) is 30.5 Å². The third kappa shape index (κ3) is 3.06. The Morgan fingerprint density at radius 3 is 2.37 bits per heavy atom. The summed E-state index contributed by atoms with van der Waals surface area (Å²) in [7, 11) is 0. The van der Waals surface area contributed by atoms with Gasteiger partial charge in [-0.05, 0) is 23.3 Å². The average Bonchev–Trinajstić information content (AvgIpc) is 2.48. The van der Waals surface area contributed by atoms with Crippen molar-refractivity contribution in [1.29, 1.82) is 0 Å². The van der Waals surface area contributed by atoms with Gasteiger partial charge >= 0.3 is 0 Å². The first-order valence-corrected chi connectivity index (χ1v) is 6.55. The zero-order valence-electron chi connectivity index (χ0n) is 10.8. The minimum Gasteiger partial charge on any atom is -0.486 e. The lowest BCUT2D eigenvalue weighted by Crippen LogP contribution is -2.16. The van der Waals surface area contributed by atoms with E-state index in [0.717, 1.165) is 24.6 Å². The first-order valence-electron chi connectivity index (χ1n) is 6.55. The van der Waals surface area contributed by atoms with Crippen molar-refractivity contribution in [2.45, 2.75) is 13.1 Å². The maximum absolute atomic E-state index is 5.58. The molecule has 1 heterocycles. The first-order chi connectivity index (χ1) is 9.42. The molecular weight excluding hydrogens is 238 g/mol. The van der Waals surface area contributed by atoms with Crippen molar-refractivity contribution in [2.75, 3.05) is 13.2 Å². The zero-order valence-corrected chi connectivity index (χ0v) is 10.8. The fourth-order valence-electron chi connectivity index (χ4n) is 2.14. The van der Waals surface area contributed by atoms with Crippen molar-refractivity contribution in [2.24, 2.45) is 0 Å². The molecule has 0 saturated carbocycles. The molecule has 0 radical (unpaired) electrons. The van der Waals surface area contributed by atoms with Gasteiger partial charge in [0, 0.05) is 13.1 Å². The summed E-state index contributed by atoms with van der Waals surface area (Å²) in [6, 6.07) is 16.5. The van der Waals surface area contributed by atoms with Gasteiger partial charge in [-0.15, -0.1) is 0 Å². The molecule has 0 spiro atoms. The van der Waals surface area contributed by atoms with Crippen LogP contribution in [0.1, 0.15) is 11.1 Å². The van der Waals surface area contributed by atoms with Gasteiger partial charge in [-0.1, -0.05) is 36.4 Å². The van der Waals surface area contributed by atoms with Crippen LogP contribution in [-0.4, -0.2) is 13.2 Å². The van der Waals surface area contributed by atoms with Gasteiger partial charge in [0.05, 0.1) is 0 Å². The molecule has 0 aliphatic carbocycles. The van der Waals surface area contributed by atoms with Crippen LogP contribution in [0.5, 0.6) is 11.5 Å². The molecule has 3 rings (SSSR count). The monoisotopic (exact) mass is 255 g/mol. The molecule has 3 heteroatoms. The van der Waals surface area contributed by atoms with Crippen LogP contribution in [0.25, 0.3) is 0 Å². The number of ether oxygens (including phenoxy) is 2. The largest absolute Gasteiger partial charge is 0.486 e. The van der Waals surface area contributed by atoms with Crippen molar-refractivity contribution in [3.63, 3.8) is 0 Å². The summed E-state index contributed by atoms with van der Waals surface area (Å²) in [6.45, 7) is 2.97. The van der Waals surface area contributed by atoms with Crippen LogP contribution in [0.3, 0.4) is 0 Å². The van der Waals surface area contributed by atoms with Crippen LogP contribution in [-0.2, 0) is 13.1 Å². The lowest BCUT2D eigenvalue weighted by molar-refractivity contribution is 0.171. The van der Waals surface area contributed by atoms with Gasteiger partial charge < -0.3 is 14.8 Å². The van der Waals surface area contributed by atoms with E-state index in [9.17, 15) is 0 Å². The number of nitrogens with one attached hydrogen (secondary N) is 1. The molecule has 1 N–H and O–H groups in total. The highest BCUT2D eigenvalue weighted by Crippen LogP contribution is 2.30. The standard InChI is InChI=1S/C16H17NO2/c1-2-4-13(5-3-1)11-17-12-14-6-7-15-16(10-14)19-9-8-18-15/h1-7,10,17H,8-9,11-12H2. The fraction of sp³-hybridized carbons (Fsp3) is 0.250. The van der Waals surface area contributed by atoms with E-state index in [-0.39, 0.29) is 0 Å². The molecule has 3 nitrogen and oxygen atoms in total. The van der Waals surface area contributed by atoms with E-state index in [1.165, 1.54) is 11.1 Å². The van der Waals surface area contributed by atoms with E-state index in [0.29, 0.717) is 13.2 Å². The highest BCUT2D eigenvalue weighted by Gasteiger charge is 2.11. The number of hydrogen-bond acceptors (Lipinski definition) is 3. The lowest BCUT2D eigenvalue weighted by atomic mass is 10.2. The molecular formula is C16H17NO2. The van der Waals surface area contributed by atoms with Gasteiger partial charge in [-0.25, -0.2) is 0 Å². The van der Waals surface area contributed by atoms with Gasteiger partial charge in [0.2, 0.25) is 0 Å². The normalized spacial score (nSPS) is 13.3. The van der Waals surface area contributed by atoms with Crippen LogP contribution in [0, 0.1) is 0 Å². The molecule has 0 unspecified atom stereocenters. The second kappa shape index (κ2) is 5.76. The SMILES string of the molecule is c1ccc(CNCc2ccc3c(c2)OCCO3)cc1. The smallest absolute Gasteiger partial charge is 0.161 e. The quantitative estimate of drug-likeness (QED) is 0.911. The van der Waals surface area contributed by atoms with E-state index >= 15 is 0 Å². The molecule has 0 bridgehead atoms. The zero-order chi connectivity index (χ0) is 12.9. The molecule has 0 fully saturated rings. The van der Waals surface area contributed by atoms with E-state index in [1.54, 1.807) is 0 Å². The Morgan fingerprint density at radius 2 is 1.53 bits per heavy atom. The Hall–Kier alpha value is -2.00. The van der Waals surface area contributed by atoms with Crippen LogP contribution in [0.2, 0.25) is 0 Å². The molecule has 0 amide bonds. The van der Waals surface area contributed by atoms with Gasteiger partial charge in [0.25, 0.3) is 0 Å².